The first-order valence-corrected chi connectivity index (χ1v) is 8.16. The molecule has 0 heterocycles. The fourth-order valence-electron chi connectivity index (χ4n) is 1.74. The molecular weight excluding hydrogens is 338 g/mol. The molecule has 0 radical (unpaired) electrons. The fraction of sp³-hybridized carbons (Fsp3) is 0.400. The molecule has 1 N–H and O–H groups in total. The SMILES string of the molecule is C=CCN(CCO)C(=O)CSc1cc(C)c(Br)cc1C. The summed E-state index contributed by atoms with van der Waals surface area (Å²) in [7, 11) is 0. The van der Waals surface area contributed by atoms with Crippen LogP contribution in [-0.2, 0) is 4.79 Å². The van der Waals surface area contributed by atoms with Gasteiger partial charge in [-0.25, -0.2) is 0 Å². The van der Waals surface area contributed by atoms with Gasteiger partial charge in [0.2, 0.25) is 5.91 Å². The molecule has 0 atom stereocenters. The summed E-state index contributed by atoms with van der Waals surface area (Å²) in [5.74, 6) is 0.388. The predicted molar refractivity (Wildman–Crippen MR) is 88.2 cm³/mol. The standard InChI is InChI=1S/C15H20BrNO2S/c1-4-5-17(6-7-18)15(19)10-20-14-9-11(2)13(16)8-12(14)3/h4,8-9,18H,1,5-7,10H2,2-3H3. The molecule has 5 heteroatoms. The highest BCUT2D eigenvalue weighted by atomic mass is 79.9. The van der Waals surface area contributed by atoms with E-state index in [1.807, 2.05) is 13.8 Å². The van der Waals surface area contributed by atoms with Gasteiger partial charge < -0.3 is 10.0 Å². The van der Waals surface area contributed by atoms with Crippen molar-refractivity contribution in [3.05, 3.63) is 40.4 Å². The molecule has 0 aliphatic rings. The highest BCUT2D eigenvalue weighted by Gasteiger charge is 2.13. The molecule has 0 aliphatic heterocycles. The van der Waals surface area contributed by atoms with E-state index < -0.39 is 0 Å². The van der Waals surface area contributed by atoms with Crippen LogP contribution in [0.4, 0.5) is 0 Å². The van der Waals surface area contributed by atoms with Crippen LogP contribution < -0.4 is 0 Å². The maximum Gasteiger partial charge on any atom is 0.233 e. The third-order valence-electron chi connectivity index (χ3n) is 2.88. The quantitative estimate of drug-likeness (QED) is 0.601. The molecule has 0 saturated carbocycles. The Labute approximate surface area is 133 Å². The molecule has 0 spiro atoms. The van der Waals surface area contributed by atoms with Crippen molar-refractivity contribution in [2.75, 3.05) is 25.4 Å². The van der Waals surface area contributed by atoms with Gasteiger partial charge in [0.25, 0.3) is 0 Å². The minimum absolute atomic E-state index is 0.0175. The van der Waals surface area contributed by atoms with Gasteiger partial charge in [-0.15, -0.1) is 18.3 Å². The van der Waals surface area contributed by atoms with Crippen molar-refractivity contribution in [1.82, 2.24) is 4.90 Å². The zero-order chi connectivity index (χ0) is 15.1. The number of aryl methyl sites for hydroxylation is 2. The summed E-state index contributed by atoms with van der Waals surface area (Å²) >= 11 is 5.03. The van der Waals surface area contributed by atoms with Gasteiger partial charge in [-0.1, -0.05) is 22.0 Å². The van der Waals surface area contributed by atoms with Gasteiger partial charge in [-0.05, 0) is 37.1 Å². The molecule has 0 unspecified atom stereocenters. The number of carbonyl (C=O) groups excluding carboxylic acids is 1. The van der Waals surface area contributed by atoms with E-state index in [1.165, 1.54) is 11.8 Å². The number of aliphatic hydroxyl groups excluding tert-OH is 1. The van der Waals surface area contributed by atoms with E-state index in [0.717, 1.165) is 20.5 Å². The van der Waals surface area contributed by atoms with E-state index in [1.54, 1.807) is 11.0 Å². The van der Waals surface area contributed by atoms with Crippen molar-refractivity contribution in [2.45, 2.75) is 18.7 Å². The summed E-state index contributed by atoms with van der Waals surface area (Å²) in [5, 5.41) is 8.97. The highest BCUT2D eigenvalue weighted by molar-refractivity contribution is 9.10. The van der Waals surface area contributed by atoms with E-state index in [-0.39, 0.29) is 12.5 Å². The molecule has 1 amide bonds. The summed E-state index contributed by atoms with van der Waals surface area (Å²) in [6.45, 7) is 8.49. The highest BCUT2D eigenvalue weighted by Crippen LogP contribution is 2.28. The molecule has 110 valence electrons. The van der Waals surface area contributed by atoms with Gasteiger partial charge in [0, 0.05) is 22.5 Å². The second-order valence-corrected chi connectivity index (χ2v) is 6.38. The Morgan fingerprint density at radius 1 is 1.45 bits per heavy atom. The van der Waals surface area contributed by atoms with Crippen molar-refractivity contribution in [1.29, 1.82) is 0 Å². The van der Waals surface area contributed by atoms with Crippen LogP contribution >= 0.6 is 27.7 Å². The maximum absolute atomic E-state index is 12.1. The monoisotopic (exact) mass is 357 g/mol. The fourth-order valence-corrected chi connectivity index (χ4v) is 3.20. The second kappa shape index (κ2) is 8.49. The van der Waals surface area contributed by atoms with Crippen LogP contribution in [0.3, 0.4) is 0 Å². The van der Waals surface area contributed by atoms with Crippen LogP contribution in [0.5, 0.6) is 0 Å². The molecule has 0 aromatic heterocycles. The van der Waals surface area contributed by atoms with Crippen molar-refractivity contribution in [2.24, 2.45) is 0 Å². The Kier molecular flexibility index (Phi) is 7.34. The Bertz CT molecular complexity index is 491. The molecule has 20 heavy (non-hydrogen) atoms. The zero-order valence-corrected chi connectivity index (χ0v) is 14.3. The Balaban J connectivity index is 2.68. The van der Waals surface area contributed by atoms with Gasteiger partial charge in [-0.2, -0.15) is 0 Å². The zero-order valence-electron chi connectivity index (χ0n) is 11.9. The van der Waals surface area contributed by atoms with E-state index in [9.17, 15) is 4.79 Å². The number of nitrogens with zero attached hydrogens (tertiary/aromatic N) is 1. The Hall–Kier alpha value is -0.780. The molecular formula is C15H20BrNO2S. The topological polar surface area (TPSA) is 40.5 Å². The van der Waals surface area contributed by atoms with E-state index in [2.05, 4.69) is 34.6 Å². The molecule has 0 fully saturated rings. The smallest absolute Gasteiger partial charge is 0.233 e. The van der Waals surface area contributed by atoms with Gasteiger partial charge in [0.1, 0.15) is 0 Å². The first kappa shape index (κ1) is 17.3. The van der Waals surface area contributed by atoms with Crippen LogP contribution in [0.25, 0.3) is 0 Å². The number of hydrogen-bond donors (Lipinski definition) is 1. The largest absolute Gasteiger partial charge is 0.395 e. The van der Waals surface area contributed by atoms with Crippen LogP contribution in [0, 0.1) is 13.8 Å². The van der Waals surface area contributed by atoms with Gasteiger partial charge in [0.05, 0.1) is 12.4 Å². The first-order valence-electron chi connectivity index (χ1n) is 6.38. The molecule has 0 saturated heterocycles. The van der Waals surface area contributed by atoms with Crippen molar-refractivity contribution in [3.63, 3.8) is 0 Å². The molecule has 1 aromatic carbocycles. The number of hydrogen-bond acceptors (Lipinski definition) is 3. The third-order valence-corrected chi connectivity index (χ3v) is 4.88. The minimum atomic E-state index is -0.0271. The lowest BCUT2D eigenvalue weighted by Gasteiger charge is -2.20. The number of rotatable bonds is 7. The van der Waals surface area contributed by atoms with Gasteiger partial charge in [-0.3, -0.25) is 4.79 Å². The number of halogens is 1. The van der Waals surface area contributed by atoms with Crippen molar-refractivity contribution < 1.29 is 9.90 Å². The number of benzene rings is 1. The molecule has 1 aromatic rings. The molecule has 0 aliphatic carbocycles. The normalized spacial score (nSPS) is 10.4. The lowest BCUT2D eigenvalue weighted by atomic mass is 10.2. The van der Waals surface area contributed by atoms with E-state index in [4.69, 9.17) is 5.11 Å². The summed E-state index contributed by atoms with van der Waals surface area (Å²) in [5.41, 5.74) is 2.31. The van der Waals surface area contributed by atoms with Gasteiger partial charge >= 0.3 is 0 Å². The third kappa shape index (κ3) is 4.96. The lowest BCUT2D eigenvalue weighted by Crippen LogP contribution is -2.34. The summed E-state index contributed by atoms with van der Waals surface area (Å²) < 4.78 is 1.08. The number of amides is 1. The Morgan fingerprint density at radius 3 is 2.75 bits per heavy atom. The second-order valence-electron chi connectivity index (χ2n) is 4.51. The van der Waals surface area contributed by atoms with E-state index >= 15 is 0 Å². The summed E-state index contributed by atoms with van der Waals surface area (Å²) in [6, 6.07) is 4.15. The molecule has 0 bridgehead atoms. The van der Waals surface area contributed by atoms with Crippen LogP contribution in [0.2, 0.25) is 0 Å². The van der Waals surface area contributed by atoms with E-state index in [0.29, 0.717) is 18.8 Å². The first-order chi connectivity index (χ1) is 9.49. The predicted octanol–water partition coefficient (Wildman–Crippen LogP) is 3.16. The van der Waals surface area contributed by atoms with Crippen LogP contribution in [0.15, 0.2) is 34.2 Å². The average molecular weight is 358 g/mol. The van der Waals surface area contributed by atoms with Crippen LogP contribution in [0.1, 0.15) is 11.1 Å². The molecule has 1 rings (SSSR count). The molecule has 3 nitrogen and oxygen atoms in total. The van der Waals surface area contributed by atoms with Gasteiger partial charge in [0.15, 0.2) is 0 Å². The van der Waals surface area contributed by atoms with Crippen molar-refractivity contribution in [3.8, 4) is 0 Å². The number of aliphatic hydroxyl groups is 1. The number of carbonyl (C=O) groups is 1. The Morgan fingerprint density at radius 2 is 2.15 bits per heavy atom. The summed E-state index contributed by atoms with van der Waals surface area (Å²) in [6.07, 6.45) is 1.67. The van der Waals surface area contributed by atoms with Crippen molar-refractivity contribution >= 4 is 33.6 Å². The maximum atomic E-state index is 12.1. The average Bonchev–Trinajstić information content (AvgIpc) is 2.41. The minimum Gasteiger partial charge on any atom is -0.395 e. The lowest BCUT2D eigenvalue weighted by molar-refractivity contribution is -0.128. The number of thioether (sulfide) groups is 1. The summed E-state index contributed by atoms with van der Waals surface area (Å²) in [4.78, 5) is 14.8. The van der Waals surface area contributed by atoms with Crippen LogP contribution in [-0.4, -0.2) is 41.4 Å².